The molecule has 1 heterocycles. The van der Waals surface area contributed by atoms with Crippen LogP contribution in [0.25, 0.3) is 0 Å². The van der Waals surface area contributed by atoms with Crippen molar-refractivity contribution in [3.8, 4) is 0 Å². The molecule has 0 N–H and O–H groups in total. The van der Waals surface area contributed by atoms with Crippen LogP contribution in [0.3, 0.4) is 0 Å². The highest BCUT2D eigenvalue weighted by Gasteiger charge is 2.23. The van der Waals surface area contributed by atoms with Crippen molar-refractivity contribution in [3.05, 3.63) is 28.3 Å². The molecule has 0 amide bonds. The van der Waals surface area contributed by atoms with E-state index in [-0.39, 0.29) is 12.3 Å². The Balaban J connectivity index is 3.07. The number of ether oxygens (including phenoxy) is 1. The van der Waals surface area contributed by atoms with Gasteiger partial charge in [0.15, 0.2) is 5.82 Å². The van der Waals surface area contributed by atoms with Gasteiger partial charge < -0.3 is 4.74 Å². The second-order valence-electron chi connectivity index (χ2n) is 3.06. The summed E-state index contributed by atoms with van der Waals surface area (Å²) < 4.78 is 42.9. The van der Waals surface area contributed by atoms with Gasteiger partial charge in [-0.15, -0.1) is 0 Å². The van der Waals surface area contributed by atoms with Gasteiger partial charge in [-0.2, -0.15) is 0 Å². The molecular formula is C10H9ClF3NO2. The molecule has 0 aliphatic carbocycles. The number of carbonyl (C=O) groups is 1. The van der Waals surface area contributed by atoms with Gasteiger partial charge >= 0.3 is 5.97 Å². The topological polar surface area (TPSA) is 39.2 Å². The van der Waals surface area contributed by atoms with Gasteiger partial charge in [-0.05, 0) is 6.92 Å². The molecule has 0 fully saturated rings. The number of carbonyl (C=O) groups excluding carboxylic acids is 1. The van der Waals surface area contributed by atoms with Crippen LogP contribution in [-0.4, -0.2) is 17.6 Å². The summed E-state index contributed by atoms with van der Waals surface area (Å²) in [4.78, 5) is 14.6. The molecule has 0 radical (unpaired) electrons. The molecule has 1 aromatic heterocycles. The Morgan fingerprint density at radius 3 is 2.76 bits per heavy atom. The molecule has 0 saturated heterocycles. The fourth-order valence-corrected chi connectivity index (χ4v) is 1.47. The maximum absolute atomic E-state index is 13.0. The van der Waals surface area contributed by atoms with Crippen molar-refractivity contribution in [1.82, 2.24) is 4.98 Å². The Labute approximate surface area is 101 Å². The molecular weight excluding hydrogens is 259 g/mol. The molecule has 17 heavy (non-hydrogen) atoms. The van der Waals surface area contributed by atoms with Crippen molar-refractivity contribution in [3.63, 3.8) is 0 Å². The lowest BCUT2D eigenvalue weighted by molar-refractivity contribution is -0.142. The minimum atomic E-state index is -3.00. The average molecular weight is 268 g/mol. The van der Waals surface area contributed by atoms with Crippen LogP contribution in [0.4, 0.5) is 13.2 Å². The van der Waals surface area contributed by atoms with E-state index in [1.807, 2.05) is 0 Å². The fraction of sp³-hybridized carbons (Fsp3) is 0.400. The minimum absolute atomic E-state index is 0.123. The lowest BCUT2D eigenvalue weighted by atomic mass is 10.1. The van der Waals surface area contributed by atoms with Crippen LogP contribution in [0.5, 0.6) is 0 Å². The predicted molar refractivity (Wildman–Crippen MR) is 54.5 cm³/mol. The molecule has 3 nitrogen and oxygen atoms in total. The number of aromatic nitrogens is 1. The summed E-state index contributed by atoms with van der Waals surface area (Å²) in [6.45, 7) is 1.70. The summed E-state index contributed by atoms with van der Waals surface area (Å²) in [7, 11) is 0. The van der Waals surface area contributed by atoms with E-state index in [9.17, 15) is 18.0 Å². The van der Waals surface area contributed by atoms with Gasteiger partial charge in [-0.1, -0.05) is 11.6 Å². The molecule has 0 saturated carbocycles. The van der Waals surface area contributed by atoms with E-state index in [0.717, 1.165) is 0 Å². The van der Waals surface area contributed by atoms with Crippen LogP contribution in [0, 0.1) is 5.82 Å². The van der Waals surface area contributed by atoms with Crippen molar-refractivity contribution in [2.24, 2.45) is 0 Å². The molecule has 0 unspecified atom stereocenters. The SMILES string of the molecule is CCOC(=O)Cc1ncc(F)c(Cl)c1C(F)F. The molecule has 0 aromatic carbocycles. The zero-order chi connectivity index (χ0) is 13.0. The number of hydrogen-bond acceptors (Lipinski definition) is 3. The molecule has 0 bridgehead atoms. The number of esters is 1. The zero-order valence-electron chi connectivity index (χ0n) is 8.84. The first-order chi connectivity index (χ1) is 7.97. The van der Waals surface area contributed by atoms with E-state index in [1.165, 1.54) is 0 Å². The van der Waals surface area contributed by atoms with Gasteiger partial charge in [0.25, 0.3) is 6.43 Å². The summed E-state index contributed by atoms with van der Waals surface area (Å²) in [6, 6.07) is 0. The van der Waals surface area contributed by atoms with Gasteiger partial charge in [0.1, 0.15) is 0 Å². The lowest BCUT2D eigenvalue weighted by Crippen LogP contribution is -2.12. The van der Waals surface area contributed by atoms with Gasteiger partial charge in [0, 0.05) is 0 Å². The zero-order valence-corrected chi connectivity index (χ0v) is 9.60. The van der Waals surface area contributed by atoms with E-state index in [0.29, 0.717) is 6.20 Å². The number of alkyl halides is 2. The molecule has 0 atom stereocenters. The number of hydrogen-bond donors (Lipinski definition) is 0. The molecule has 0 spiro atoms. The predicted octanol–water partition coefficient (Wildman–Crippen LogP) is 2.92. The second kappa shape index (κ2) is 5.86. The largest absolute Gasteiger partial charge is 0.466 e. The van der Waals surface area contributed by atoms with Crippen LogP contribution in [0.2, 0.25) is 5.02 Å². The van der Waals surface area contributed by atoms with Crippen molar-refractivity contribution in [2.75, 3.05) is 6.61 Å². The van der Waals surface area contributed by atoms with Crippen LogP contribution in [0.15, 0.2) is 6.20 Å². The summed E-state index contributed by atoms with van der Waals surface area (Å²) in [6.07, 6.45) is -2.77. The maximum Gasteiger partial charge on any atom is 0.311 e. The second-order valence-corrected chi connectivity index (χ2v) is 3.44. The van der Waals surface area contributed by atoms with E-state index in [1.54, 1.807) is 6.92 Å². The number of halogens is 4. The van der Waals surface area contributed by atoms with E-state index >= 15 is 0 Å². The summed E-state index contributed by atoms with van der Waals surface area (Å²) in [5.74, 6) is -1.76. The Hall–Kier alpha value is -1.30. The van der Waals surface area contributed by atoms with Crippen molar-refractivity contribution in [2.45, 2.75) is 19.8 Å². The minimum Gasteiger partial charge on any atom is -0.466 e. The van der Waals surface area contributed by atoms with E-state index in [2.05, 4.69) is 9.72 Å². The first-order valence-electron chi connectivity index (χ1n) is 4.73. The Morgan fingerprint density at radius 1 is 1.59 bits per heavy atom. The molecule has 7 heteroatoms. The van der Waals surface area contributed by atoms with Crippen molar-refractivity contribution < 1.29 is 22.7 Å². The monoisotopic (exact) mass is 267 g/mol. The van der Waals surface area contributed by atoms with E-state index < -0.39 is 35.2 Å². The highest BCUT2D eigenvalue weighted by molar-refractivity contribution is 6.31. The third kappa shape index (κ3) is 3.33. The van der Waals surface area contributed by atoms with Crippen LogP contribution in [0.1, 0.15) is 24.6 Å². The third-order valence-corrected chi connectivity index (χ3v) is 2.31. The van der Waals surface area contributed by atoms with E-state index in [4.69, 9.17) is 11.6 Å². The fourth-order valence-electron chi connectivity index (χ4n) is 1.23. The molecule has 1 aromatic rings. The number of nitrogens with zero attached hydrogens (tertiary/aromatic N) is 1. The molecule has 1 rings (SSSR count). The highest BCUT2D eigenvalue weighted by Crippen LogP contribution is 2.31. The Kier molecular flexibility index (Phi) is 4.74. The van der Waals surface area contributed by atoms with Crippen LogP contribution >= 0.6 is 11.6 Å². The van der Waals surface area contributed by atoms with Crippen molar-refractivity contribution >= 4 is 17.6 Å². The summed E-state index contributed by atoms with van der Waals surface area (Å²) in [5.41, 5.74) is -1.04. The molecule has 0 aliphatic rings. The van der Waals surface area contributed by atoms with Crippen LogP contribution < -0.4 is 0 Å². The maximum atomic E-state index is 13.0. The van der Waals surface area contributed by atoms with Gasteiger partial charge in [0.05, 0.1) is 35.5 Å². The summed E-state index contributed by atoms with van der Waals surface area (Å²) >= 11 is 5.41. The molecule has 94 valence electrons. The van der Waals surface area contributed by atoms with Crippen LogP contribution in [-0.2, 0) is 16.0 Å². The Morgan fingerprint density at radius 2 is 2.24 bits per heavy atom. The molecule has 0 aliphatic heterocycles. The van der Waals surface area contributed by atoms with Gasteiger partial charge in [-0.3, -0.25) is 9.78 Å². The average Bonchev–Trinajstić information content (AvgIpc) is 2.23. The summed E-state index contributed by atoms with van der Waals surface area (Å²) in [5, 5.41) is -0.714. The highest BCUT2D eigenvalue weighted by atomic mass is 35.5. The normalized spacial score (nSPS) is 10.7. The third-order valence-electron chi connectivity index (χ3n) is 1.93. The Bertz CT molecular complexity index is 426. The first-order valence-corrected chi connectivity index (χ1v) is 5.11. The quantitative estimate of drug-likeness (QED) is 0.788. The standard InChI is InChI=1S/C10H9ClF3NO2/c1-2-17-7(16)3-6-8(10(13)14)9(11)5(12)4-15-6/h4,10H,2-3H2,1H3. The van der Waals surface area contributed by atoms with Gasteiger partial charge in [-0.25, -0.2) is 13.2 Å². The smallest absolute Gasteiger partial charge is 0.311 e. The first kappa shape index (κ1) is 13.8. The van der Waals surface area contributed by atoms with Crippen molar-refractivity contribution in [1.29, 1.82) is 0 Å². The lowest BCUT2D eigenvalue weighted by Gasteiger charge is -2.09. The number of pyridine rings is 1. The number of rotatable bonds is 4. The van der Waals surface area contributed by atoms with Gasteiger partial charge in [0.2, 0.25) is 0 Å².